The highest BCUT2D eigenvalue weighted by molar-refractivity contribution is 6.23. The number of hydrogen-bond donors (Lipinski definition) is 0. The number of aryl methyl sites for hydroxylation is 1. The first-order valence-electron chi connectivity index (χ1n) is 11.4. The minimum Gasteiger partial charge on any atom is -0.427 e. The molecular weight excluding hydrogens is 478 g/mol. The Balaban J connectivity index is 1.65. The number of nitro benzene ring substituents is 1. The minimum atomic E-state index is -1.08. The summed E-state index contributed by atoms with van der Waals surface area (Å²) < 4.78 is 5.00. The third-order valence-corrected chi connectivity index (χ3v) is 5.91. The molecule has 10 nitrogen and oxygen atoms in total. The number of amides is 3. The Morgan fingerprint density at radius 2 is 1.62 bits per heavy atom. The van der Waals surface area contributed by atoms with Crippen molar-refractivity contribution in [2.45, 2.75) is 32.9 Å². The molecule has 188 valence electrons. The molecule has 3 aromatic carbocycles. The van der Waals surface area contributed by atoms with Crippen molar-refractivity contribution in [3.05, 3.63) is 99.6 Å². The maximum atomic E-state index is 13.6. The van der Waals surface area contributed by atoms with E-state index in [4.69, 9.17) is 4.74 Å². The Bertz CT molecular complexity index is 1370. The van der Waals surface area contributed by atoms with Gasteiger partial charge in [-0.1, -0.05) is 29.8 Å². The fourth-order valence-corrected chi connectivity index (χ4v) is 4.07. The first-order valence-corrected chi connectivity index (χ1v) is 11.4. The number of esters is 1. The molecule has 4 rings (SSSR count). The number of rotatable bonds is 7. The van der Waals surface area contributed by atoms with E-state index in [1.165, 1.54) is 60.4 Å². The third kappa shape index (κ3) is 5.53. The van der Waals surface area contributed by atoms with Gasteiger partial charge in [0.1, 0.15) is 11.8 Å². The second kappa shape index (κ2) is 10.4. The van der Waals surface area contributed by atoms with Crippen molar-refractivity contribution in [3.63, 3.8) is 0 Å². The Morgan fingerprint density at radius 1 is 1.00 bits per heavy atom. The number of hydrogen-bond acceptors (Lipinski definition) is 7. The summed E-state index contributed by atoms with van der Waals surface area (Å²) in [5, 5.41) is 11.0. The highest BCUT2D eigenvalue weighted by Crippen LogP contribution is 2.29. The number of non-ortho nitro benzene ring substituents is 1. The second-order valence-corrected chi connectivity index (χ2v) is 8.60. The van der Waals surface area contributed by atoms with Crippen molar-refractivity contribution in [1.29, 1.82) is 0 Å². The van der Waals surface area contributed by atoms with Crippen LogP contribution in [0.1, 0.15) is 34.8 Å². The summed E-state index contributed by atoms with van der Waals surface area (Å²) >= 11 is 0. The van der Waals surface area contributed by atoms with Gasteiger partial charge >= 0.3 is 5.97 Å². The van der Waals surface area contributed by atoms with Gasteiger partial charge < -0.3 is 9.64 Å². The molecule has 1 atom stereocenters. The van der Waals surface area contributed by atoms with Gasteiger partial charge in [0.2, 0.25) is 5.91 Å². The van der Waals surface area contributed by atoms with Crippen LogP contribution in [0.15, 0.2) is 72.8 Å². The average molecular weight is 501 g/mol. The monoisotopic (exact) mass is 501 g/mol. The van der Waals surface area contributed by atoms with Gasteiger partial charge in [-0.25, -0.2) is 4.90 Å². The lowest BCUT2D eigenvalue weighted by Gasteiger charge is -2.28. The van der Waals surface area contributed by atoms with E-state index in [9.17, 15) is 29.3 Å². The summed E-state index contributed by atoms with van der Waals surface area (Å²) in [5.41, 5.74) is 2.04. The molecular formula is C27H23N3O7. The van der Waals surface area contributed by atoms with Crippen LogP contribution in [0.3, 0.4) is 0 Å². The van der Waals surface area contributed by atoms with Crippen LogP contribution in [-0.4, -0.2) is 39.6 Å². The smallest absolute Gasteiger partial charge is 0.308 e. The Kier molecular flexibility index (Phi) is 7.10. The van der Waals surface area contributed by atoms with E-state index < -0.39 is 34.7 Å². The SMILES string of the molecule is CC(=O)Oc1ccc(N2C(=O)CC(N(Cc3ccc(C)cc3)C(=O)c3ccc([N+](=O)[O-])cc3)C2=O)cc1. The molecule has 0 radical (unpaired) electrons. The fraction of sp³-hybridized carbons (Fsp3) is 0.185. The molecule has 0 bridgehead atoms. The lowest BCUT2D eigenvalue weighted by Crippen LogP contribution is -2.45. The lowest BCUT2D eigenvalue weighted by atomic mass is 10.1. The Hall–Kier alpha value is -4.86. The zero-order valence-corrected chi connectivity index (χ0v) is 20.1. The molecule has 0 saturated carbocycles. The number of nitro groups is 1. The summed E-state index contributed by atoms with van der Waals surface area (Å²) in [6, 6.07) is 17.3. The number of carbonyl (C=O) groups is 4. The summed E-state index contributed by atoms with van der Waals surface area (Å²) in [6.45, 7) is 3.24. The molecule has 1 unspecified atom stereocenters. The van der Waals surface area contributed by atoms with E-state index in [2.05, 4.69) is 0 Å². The van der Waals surface area contributed by atoms with Gasteiger partial charge in [0.25, 0.3) is 17.5 Å². The van der Waals surface area contributed by atoms with Crippen molar-refractivity contribution in [2.75, 3.05) is 4.90 Å². The van der Waals surface area contributed by atoms with E-state index in [0.29, 0.717) is 0 Å². The molecule has 10 heteroatoms. The normalized spacial score (nSPS) is 15.0. The van der Waals surface area contributed by atoms with Crippen molar-refractivity contribution in [3.8, 4) is 5.75 Å². The average Bonchev–Trinajstić information content (AvgIpc) is 3.17. The van der Waals surface area contributed by atoms with Gasteiger partial charge in [-0.3, -0.25) is 29.3 Å². The maximum Gasteiger partial charge on any atom is 0.308 e. The van der Waals surface area contributed by atoms with E-state index in [-0.39, 0.29) is 35.7 Å². The molecule has 0 N–H and O–H groups in total. The second-order valence-electron chi connectivity index (χ2n) is 8.60. The number of nitrogens with zero attached hydrogens (tertiary/aromatic N) is 3. The van der Waals surface area contributed by atoms with Crippen LogP contribution >= 0.6 is 0 Å². The van der Waals surface area contributed by atoms with Crippen molar-refractivity contribution >= 4 is 35.1 Å². The van der Waals surface area contributed by atoms with Crippen LogP contribution in [0.5, 0.6) is 5.75 Å². The Labute approximate surface area is 212 Å². The van der Waals surface area contributed by atoms with Crippen LogP contribution in [0.4, 0.5) is 11.4 Å². The van der Waals surface area contributed by atoms with Gasteiger partial charge in [-0.05, 0) is 48.9 Å². The molecule has 1 fully saturated rings. The summed E-state index contributed by atoms with van der Waals surface area (Å²) in [5.74, 6) is -1.83. The number of carbonyl (C=O) groups excluding carboxylic acids is 4. The van der Waals surface area contributed by atoms with E-state index in [0.717, 1.165) is 16.0 Å². The Morgan fingerprint density at radius 3 is 2.19 bits per heavy atom. The predicted molar refractivity (Wildman–Crippen MR) is 133 cm³/mol. The van der Waals surface area contributed by atoms with E-state index >= 15 is 0 Å². The molecule has 1 aliphatic heterocycles. The van der Waals surface area contributed by atoms with Gasteiger partial charge in [0.15, 0.2) is 0 Å². The van der Waals surface area contributed by atoms with Crippen molar-refractivity contribution < 1.29 is 28.8 Å². The first kappa shape index (κ1) is 25.2. The topological polar surface area (TPSA) is 127 Å². The maximum absolute atomic E-state index is 13.6. The molecule has 3 aromatic rings. The molecule has 1 saturated heterocycles. The zero-order chi connectivity index (χ0) is 26.7. The van der Waals surface area contributed by atoms with Gasteiger partial charge in [0, 0.05) is 31.2 Å². The molecule has 0 aliphatic carbocycles. The van der Waals surface area contributed by atoms with Crippen LogP contribution in [0.25, 0.3) is 0 Å². The number of benzene rings is 3. The minimum absolute atomic E-state index is 0.0546. The largest absolute Gasteiger partial charge is 0.427 e. The third-order valence-electron chi connectivity index (χ3n) is 5.91. The molecule has 0 spiro atoms. The van der Waals surface area contributed by atoms with E-state index in [1.807, 2.05) is 31.2 Å². The van der Waals surface area contributed by atoms with Gasteiger partial charge in [0.05, 0.1) is 17.0 Å². The van der Waals surface area contributed by atoms with Crippen LogP contribution in [0.2, 0.25) is 0 Å². The quantitative estimate of drug-likeness (QED) is 0.158. The highest BCUT2D eigenvalue weighted by atomic mass is 16.6. The fourth-order valence-electron chi connectivity index (χ4n) is 4.07. The summed E-state index contributed by atoms with van der Waals surface area (Å²) in [7, 11) is 0. The number of anilines is 1. The predicted octanol–water partition coefficient (Wildman–Crippen LogP) is 3.80. The molecule has 3 amide bonds. The van der Waals surface area contributed by atoms with Crippen molar-refractivity contribution in [2.24, 2.45) is 0 Å². The van der Waals surface area contributed by atoms with Gasteiger partial charge in [-0.15, -0.1) is 0 Å². The number of ether oxygens (including phenoxy) is 1. The molecule has 37 heavy (non-hydrogen) atoms. The highest BCUT2D eigenvalue weighted by Gasteiger charge is 2.44. The van der Waals surface area contributed by atoms with Crippen molar-refractivity contribution in [1.82, 2.24) is 4.90 Å². The number of imide groups is 1. The molecule has 1 aliphatic rings. The summed E-state index contributed by atoms with van der Waals surface area (Å²) in [6.07, 6.45) is -0.227. The standard InChI is InChI=1S/C27H23N3O7/c1-17-3-5-19(6-4-17)16-28(26(33)20-7-9-22(10-8-20)30(35)36)24-15-25(32)29(27(24)34)21-11-13-23(14-12-21)37-18(2)31/h3-14,24H,15-16H2,1-2H3. The van der Waals surface area contributed by atoms with Crippen LogP contribution in [0, 0.1) is 17.0 Å². The summed E-state index contributed by atoms with van der Waals surface area (Å²) in [4.78, 5) is 63.9. The van der Waals surface area contributed by atoms with E-state index in [1.54, 1.807) is 0 Å². The van der Waals surface area contributed by atoms with Crippen LogP contribution < -0.4 is 9.64 Å². The molecule has 1 heterocycles. The van der Waals surface area contributed by atoms with Gasteiger partial charge in [-0.2, -0.15) is 0 Å². The van der Waals surface area contributed by atoms with Crippen LogP contribution in [-0.2, 0) is 20.9 Å². The zero-order valence-electron chi connectivity index (χ0n) is 20.1. The lowest BCUT2D eigenvalue weighted by molar-refractivity contribution is -0.384. The molecule has 0 aromatic heterocycles. The first-order chi connectivity index (χ1) is 17.6.